The van der Waals surface area contributed by atoms with Crippen LogP contribution in [-0.2, 0) is 9.53 Å². The van der Waals surface area contributed by atoms with E-state index in [1.807, 2.05) is 0 Å². The van der Waals surface area contributed by atoms with Gasteiger partial charge >= 0.3 is 5.97 Å². The number of carbonyl (C=O) groups is 1. The number of rotatable bonds is 4. The van der Waals surface area contributed by atoms with Crippen LogP contribution in [0.3, 0.4) is 0 Å². The third-order valence-electron chi connectivity index (χ3n) is 0.764. The molecule has 0 N–H and O–H groups in total. The van der Waals surface area contributed by atoms with Crippen LogP contribution in [0.5, 0.6) is 0 Å². The zero-order valence-electron chi connectivity index (χ0n) is 5.47. The Morgan fingerprint density at radius 2 is 2.40 bits per heavy atom. The number of alkyl halides is 1. The molecule has 0 aliphatic carbocycles. The molecule has 0 unspecified atom stereocenters. The summed E-state index contributed by atoms with van der Waals surface area (Å²) in [6.45, 7) is 0.395. The molecule has 0 aromatic carbocycles. The van der Waals surface area contributed by atoms with E-state index in [1.165, 1.54) is 0 Å². The van der Waals surface area contributed by atoms with E-state index in [0.717, 1.165) is 11.8 Å². The molecule has 0 radical (unpaired) electrons. The van der Waals surface area contributed by atoms with E-state index in [9.17, 15) is 4.79 Å². The number of esters is 1. The van der Waals surface area contributed by atoms with E-state index >= 15 is 0 Å². The maximum absolute atomic E-state index is 10.5. The summed E-state index contributed by atoms with van der Waals surface area (Å²) < 4.78 is 4.63. The quantitative estimate of drug-likeness (QED) is 0.394. The van der Waals surface area contributed by atoms with Crippen molar-refractivity contribution in [1.82, 2.24) is 0 Å². The zero-order chi connectivity index (χ0) is 7.82. The van der Waals surface area contributed by atoms with E-state index in [4.69, 9.17) is 5.26 Å². The van der Waals surface area contributed by atoms with Gasteiger partial charge < -0.3 is 4.74 Å². The highest BCUT2D eigenvalue weighted by molar-refractivity contribution is 9.09. The molecular formula is C6H8BrNO2. The van der Waals surface area contributed by atoms with Gasteiger partial charge in [-0.3, -0.25) is 4.79 Å². The molecule has 0 atom stereocenters. The third kappa shape index (κ3) is 5.57. The van der Waals surface area contributed by atoms with Crippen LogP contribution < -0.4 is 0 Å². The number of nitriles is 1. The standard InChI is InChI=1S/C6H8BrNO2/c7-3-1-5-10-6(9)2-4-8/h1-3,5H2. The molecule has 0 aliphatic rings. The van der Waals surface area contributed by atoms with Crippen molar-refractivity contribution in [2.75, 3.05) is 11.9 Å². The highest BCUT2D eigenvalue weighted by Crippen LogP contribution is 1.90. The second-order valence-electron chi connectivity index (χ2n) is 1.60. The van der Waals surface area contributed by atoms with Crippen LogP contribution in [0.4, 0.5) is 0 Å². The van der Waals surface area contributed by atoms with Gasteiger partial charge in [0.1, 0.15) is 6.42 Å². The van der Waals surface area contributed by atoms with Gasteiger partial charge in [-0.1, -0.05) is 15.9 Å². The van der Waals surface area contributed by atoms with Gasteiger partial charge in [-0.15, -0.1) is 0 Å². The van der Waals surface area contributed by atoms with Gasteiger partial charge in [-0.2, -0.15) is 5.26 Å². The Bertz CT molecular complexity index is 141. The fourth-order valence-corrected chi connectivity index (χ4v) is 0.585. The molecule has 0 amide bonds. The first-order valence-corrected chi connectivity index (χ1v) is 4.02. The lowest BCUT2D eigenvalue weighted by Crippen LogP contribution is -2.04. The largest absolute Gasteiger partial charge is 0.465 e. The first-order chi connectivity index (χ1) is 4.81. The Morgan fingerprint density at radius 1 is 1.70 bits per heavy atom. The molecule has 3 nitrogen and oxygen atoms in total. The van der Waals surface area contributed by atoms with Gasteiger partial charge in [0.2, 0.25) is 0 Å². The summed E-state index contributed by atoms with van der Waals surface area (Å²) in [5.41, 5.74) is 0. The van der Waals surface area contributed by atoms with Crippen LogP contribution in [0.1, 0.15) is 12.8 Å². The van der Waals surface area contributed by atoms with Crippen LogP contribution in [0, 0.1) is 11.3 Å². The minimum absolute atomic E-state index is 0.151. The Labute approximate surface area is 68.1 Å². The number of nitrogens with zero attached hydrogens (tertiary/aromatic N) is 1. The average molecular weight is 206 g/mol. The lowest BCUT2D eigenvalue weighted by Gasteiger charge is -1.97. The summed E-state index contributed by atoms with van der Waals surface area (Å²) in [6, 6.07) is 1.71. The first kappa shape index (κ1) is 9.44. The summed E-state index contributed by atoms with van der Waals surface area (Å²) in [4.78, 5) is 10.5. The molecule has 0 heterocycles. The van der Waals surface area contributed by atoms with E-state index < -0.39 is 5.97 Å². The fourth-order valence-electron chi connectivity index (χ4n) is 0.356. The summed E-state index contributed by atoms with van der Waals surface area (Å²) in [5.74, 6) is -0.441. The van der Waals surface area contributed by atoms with Gasteiger partial charge in [0.05, 0.1) is 12.7 Å². The predicted molar refractivity (Wildman–Crippen MR) is 39.6 cm³/mol. The number of halogens is 1. The van der Waals surface area contributed by atoms with Crippen molar-refractivity contribution < 1.29 is 9.53 Å². The molecule has 0 bridgehead atoms. The minimum Gasteiger partial charge on any atom is -0.465 e. The molecule has 0 aromatic rings. The van der Waals surface area contributed by atoms with Crippen LogP contribution >= 0.6 is 15.9 Å². The molecule has 0 saturated heterocycles. The van der Waals surface area contributed by atoms with Gasteiger partial charge in [0, 0.05) is 5.33 Å². The molecule has 0 spiro atoms. The van der Waals surface area contributed by atoms with E-state index in [-0.39, 0.29) is 6.42 Å². The summed E-state index contributed by atoms with van der Waals surface area (Å²) in [6.07, 6.45) is 0.638. The molecule has 10 heavy (non-hydrogen) atoms. The number of hydrogen-bond acceptors (Lipinski definition) is 3. The summed E-state index contributed by atoms with van der Waals surface area (Å²) in [7, 11) is 0. The van der Waals surface area contributed by atoms with Crippen molar-refractivity contribution in [2.45, 2.75) is 12.8 Å². The van der Waals surface area contributed by atoms with Gasteiger partial charge in [0.25, 0.3) is 0 Å². The SMILES string of the molecule is N#CCC(=O)OCCCBr. The molecule has 0 rings (SSSR count). The Kier molecular flexibility index (Phi) is 6.19. The van der Waals surface area contributed by atoms with Crippen molar-refractivity contribution in [2.24, 2.45) is 0 Å². The van der Waals surface area contributed by atoms with Gasteiger partial charge in [-0.05, 0) is 6.42 Å². The molecule has 4 heteroatoms. The summed E-state index contributed by atoms with van der Waals surface area (Å²) >= 11 is 3.18. The second kappa shape index (κ2) is 6.56. The monoisotopic (exact) mass is 205 g/mol. The van der Waals surface area contributed by atoms with Crippen LogP contribution in [0.2, 0.25) is 0 Å². The molecule has 0 saturated carbocycles. The lowest BCUT2D eigenvalue weighted by atomic mass is 10.5. The Morgan fingerprint density at radius 3 is 2.90 bits per heavy atom. The van der Waals surface area contributed by atoms with Gasteiger partial charge in [-0.25, -0.2) is 0 Å². The molecular weight excluding hydrogens is 198 g/mol. The maximum Gasteiger partial charge on any atom is 0.320 e. The molecule has 0 aliphatic heterocycles. The van der Waals surface area contributed by atoms with Crippen molar-refractivity contribution in [3.05, 3.63) is 0 Å². The number of carbonyl (C=O) groups excluding carboxylic acids is 1. The van der Waals surface area contributed by atoms with Crippen LogP contribution in [0.15, 0.2) is 0 Å². The lowest BCUT2D eigenvalue weighted by molar-refractivity contribution is -0.142. The second-order valence-corrected chi connectivity index (χ2v) is 2.39. The first-order valence-electron chi connectivity index (χ1n) is 2.89. The number of hydrogen-bond donors (Lipinski definition) is 0. The van der Waals surface area contributed by atoms with Crippen molar-refractivity contribution in [1.29, 1.82) is 5.26 Å². The van der Waals surface area contributed by atoms with E-state index in [0.29, 0.717) is 6.61 Å². The smallest absolute Gasteiger partial charge is 0.320 e. The molecule has 0 fully saturated rings. The third-order valence-corrected chi connectivity index (χ3v) is 1.33. The molecule has 0 aromatic heterocycles. The fraction of sp³-hybridized carbons (Fsp3) is 0.667. The highest BCUT2D eigenvalue weighted by atomic mass is 79.9. The summed E-state index contributed by atoms with van der Waals surface area (Å²) in [5, 5.41) is 8.85. The van der Waals surface area contributed by atoms with E-state index in [2.05, 4.69) is 20.7 Å². The maximum atomic E-state index is 10.5. The van der Waals surface area contributed by atoms with Crippen LogP contribution in [0.25, 0.3) is 0 Å². The molecule has 56 valence electrons. The Balaban J connectivity index is 3.15. The van der Waals surface area contributed by atoms with Crippen molar-refractivity contribution in [3.63, 3.8) is 0 Å². The number of ether oxygens (including phenoxy) is 1. The Hall–Kier alpha value is -0.560. The van der Waals surface area contributed by atoms with Crippen molar-refractivity contribution in [3.8, 4) is 6.07 Å². The predicted octanol–water partition coefficient (Wildman–Crippen LogP) is 1.23. The van der Waals surface area contributed by atoms with Gasteiger partial charge in [0.15, 0.2) is 0 Å². The van der Waals surface area contributed by atoms with Crippen LogP contribution in [-0.4, -0.2) is 17.9 Å². The zero-order valence-corrected chi connectivity index (χ0v) is 7.06. The van der Waals surface area contributed by atoms with Crippen molar-refractivity contribution >= 4 is 21.9 Å². The topological polar surface area (TPSA) is 50.1 Å². The minimum atomic E-state index is -0.441. The normalized spacial score (nSPS) is 8.40. The van der Waals surface area contributed by atoms with E-state index in [1.54, 1.807) is 6.07 Å². The highest BCUT2D eigenvalue weighted by Gasteiger charge is 1.98. The average Bonchev–Trinajstić information content (AvgIpc) is 1.89.